The number of carbonyl (C=O) groups excluding carboxylic acids is 2. The highest BCUT2D eigenvalue weighted by Gasteiger charge is 2.30. The normalized spacial score (nSPS) is 16.4. The molecule has 1 aromatic heterocycles. The minimum atomic E-state index is -0.799. The molecule has 2 amide bonds. The lowest BCUT2D eigenvalue weighted by Gasteiger charge is -2.27. The monoisotopic (exact) mass is 407 g/mol. The zero-order valence-electron chi connectivity index (χ0n) is 15.1. The van der Waals surface area contributed by atoms with E-state index in [1.165, 1.54) is 11.3 Å². The molecule has 0 bridgehead atoms. The number of aromatic nitrogens is 1. The molecule has 144 valence electrons. The van der Waals surface area contributed by atoms with Crippen LogP contribution in [-0.4, -0.2) is 47.6 Å². The second kappa shape index (κ2) is 9.09. The van der Waals surface area contributed by atoms with E-state index < -0.39 is 12.1 Å². The van der Waals surface area contributed by atoms with Crippen LogP contribution in [0.1, 0.15) is 11.3 Å². The largest absolute Gasteiger partial charge is 0.485 e. The van der Waals surface area contributed by atoms with Gasteiger partial charge in [0, 0.05) is 11.1 Å². The van der Waals surface area contributed by atoms with Crippen molar-refractivity contribution in [3.8, 4) is 11.5 Å². The van der Waals surface area contributed by atoms with Gasteiger partial charge in [0.2, 0.25) is 12.0 Å². The van der Waals surface area contributed by atoms with E-state index in [4.69, 9.17) is 9.47 Å². The van der Waals surface area contributed by atoms with Crippen LogP contribution in [0.4, 0.5) is 5.13 Å². The molecule has 3 rings (SSSR count). The van der Waals surface area contributed by atoms with Gasteiger partial charge in [-0.05, 0) is 37.5 Å². The molecular formula is C18H21N3O4S2. The third-order valence-electron chi connectivity index (χ3n) is 3.90. The van der Waals surface area contributed by atoms with Crippen molar-refractivity contribution >= 4 is 40.0 Å². The summed E-state index contributed by atoms with van der Waals surface area (Å²) in [7, 11) is 0. The SMILES string of the molecule is CSCC[C@H](NC(=O)C1COc2ccccc2O1)C(=O)Nc1ncc(C)s1. The number of benzene rings is 1. The van der Waals surface area contributed by atoms with Gasteiger partial charge in [-0.2, -0.15) is 11.8 Å². The summed E-state index contributed by atoms with van der Waals surface area (Å²) in [5, 5.41) is 6.08. The molecule has 0 saturated heterocycles. The second-order valence-electron chi connectivity index (χ2n) is 5.97. The Morgan fingerprint density at radius 2 is 2.15 bits per heavy atom. The third kappa shape index (κ3) is 5.14. The van der Waals surface area contributed by atoms with Crippen LogP contribution in [0.15, 0.2) is 30.5 Å². The fourth-order valence-corrected chi connectivity index (χ4v) is 3.66. The summed E-state index contributed by atoms with van der Waals surface area (Å²) >= 11 is 3.00. The first-order chi connectivity index (χ1) is 13.1. The van der Waals surface area contributed by atoms with Crippen LogP contribution in [0, 0.1) is 6.92 Å². The minimum Gasteiger partial charge on any atom is -0.485 e. The Morgan fingerprint density at radius 3 is 2.85 bits per heavy atom. The quantitative estimate of drug-likeness (QED) is 0.733. The highest BCUT2D eigenvalue weighted by atomic mass is 32.2. The lowest BCUT2D eigenvalue weighted by Crippen LogP contribution is -2.51. The van der Waals surface area contributed by atoms with Gasteiger partial charge in [-0.15, -0.1) is 11.3 Å². The highest BCUT2D eigenvalue weighted by Crippen LogP contribution is 2.30. The van der Waals surface area contributed by atoms with E-state index in [1.54, 1.807) is 30.1 Å². The molecule has 1 aliphatic rings. The Morgan fingerprint density at radius 1 is 1.37 bits per heavy atom. The van der Waals surface area contributed by atoms with E-state index in [9.17, 15) is 9.59 Å². The average Bonchev–Trinajstić information content (AvgIpc) is 3.09. The summed E-state index contributed by atoms with van der Waals surface area (Å²) in [5.41, 5.74) is 0. The Hall–Kier alpha value is -2.26. The second-order valence-corrected chi connectivity index (χ2v) is 8.19. The fourth-order valence-electron chi connectivity index (χ4n) is 2.52. The number of anilines is 1. The maximum atomic E-state index is 12.6. The number of fused-ring (bicyclic) bond motifs is 1. The van der Waals surface area contributed by atoms with Crippen molar-refractivity contribution in [1.82, 2.24) is 10.3 Å². The van der Waals surface area contributed by atoms with Gasteiger partial charge in [0.05, 0.1) is 0 Å². The molecule has 2 N–H and O–H groups in total. The first kappa shape index (κ1) is 19.5. The molecular weight excluding hydrogens is 386 g/mol. The molecule has 7 nitrogen and oxygen atoms in total. The number of rotatable bonds is 7. The van der Waals surface area contributed by atoms with Crippen LogP contribution in [-0.2, 0) is 9.59 Å². The first-order valence-corrected chi connectivity index (χ1v) is 10.7. The van der Waals surface area contributed by atoms with Crippen molar-refractivity contribution in [2.75, 3.05) is 23.9 Å². The highest BCUT2D eigenvalue weighted by molar-refractivity contribution is 7.98. The van der Waals surface area contributed by atoms with Crippen LogP contribution in [0.3, 0.4) is 0 Å². The summed E-state index contributed by atoms with van der Waals surface area (Å²) < 4.78 is 11.3. The molecule has 0 saturated carbocycles. The van der Waals surface area contributed by atoms with E-state index >= 15 is 0 Å². The summed E-state index contributed by atoms with van der Waals surface area (Å²) in [4.78, 5) is 30.4. The lowest BCUT2D eigenvalue weighted by atomic mass is 10.2. The van der Waals surface area contributed by atoms with E-state index in [0.29, 0.717) is 23.1 Å². The summed E-state index contributed by atoms with van der Waals surface area (Å²) in [6.45, 7) is 2.02. The van der Waals surface area contributed by atoms with Gasteiger partial charge in [0.15, 0.2) is 16.6 Å². The molecule has 1 aliphatic heterocycles. The summed E-state index contributed by atoms with van der Waals surface area (Å²) in [6.07, 6.45) is 3.36. The molecule has 1 aromatic carbocycles. The van der Waals surface area contributed by atoms with Crippen LogP contribution >= 0.6 is 23.1 Å². The molecule has 0 aliphatic carbocycles. The molecule has 2 atom stereocenters. The van der Waals surface area contributed by atoms with Gasteiger partial charge < -0.3 is 20.1 Å². The standard InChI is InChI=1S/C18H21N3O4S2/c1-11-9-19-18(27-11)21-16(22)12(7-8-26-2)20-17(23)15-10-24-13-5-3-4-6-14(13)25-15/h3-6,9,12,15H,7-8,10H2,1-2H3,(H,20,23)(H,19,21,22)/t12-,15?/m0/s1. The van der Waals surface area contributed by atoms with Crippen molar-refractivity contribution < 1.29 is 19.1 Å². The van der Waals surface area contributed by atoms with E-state index in [0.717, 1.165) is 10.6 Å². The zero-order chi connectivity index (χ0) is 19.2. The molecule has 2 heterocycles. The molecule has 27 heavy (non-hydrogen) atoms. The molecule has 0 fully saturated rings. The van der Waals surface area contributed by atoms with E-state index in [-0.39, 0.29) is 18.4 Å². The van der Waals surface area contributed by atoms with Gasteiger partial charge in [0.1, 0.15) is 12.6 Å². The average molecular weight is 408 g/mol. The summed E-state index contributed by atoms with van der Waals surface area (Å²) in [5.74, 6) is 1.20. The Balaban J connectivity index is 1.63. The van der Waals surface area contributed by atoms with Crippen LogP contribution in [0.5, 0.6) is 11.5 Å². The predicted molar refractivity (Wildman–Crippen MR) is 107 cm³/mol. The van der Waals surface area contributed by atoms with Crippen LogP contribution < -0.4 is 20.1 Å². The van der Waals surface area contributed by atoms with Gasteiger partial charge in [-0.1, -0.05) is 12.1 Å². The molecule has 1 unspecified atom stereocenters. The van der Waals surface area contributed by atoms with Gasteiger partial charge in [-0.3, -0.25) is 9.59 Å². The third-order valence-corrected chi connectivity index (χ3v) is 5.37. The maximum absolute atomic E-state index is 12.6. The number of thioether (sulfide) groups is 1. The van der Waals surface area contributed by atoms with Crippen molar-refractivity contribution in [2.24, 2.45) is 0 Å². The Labute approximate surface area is 165 Å². The number of amides is 2. The lowest BCUT2D eigenvalue weighted by molar-refractivity contribution is -0.133. The fraction of sp³-hybridized carbons (Fsp3) is 0.389. The number of hydrogen-bond acceptors (Lipinski definition) is 7. The molecule has 0 radical (unpaired) electrons. The van der Waals surface area contributed by atoms with E-state index in [2.05, 4.69) is 15.6 Å². The van der Waals surface area contributed by atoms with E-state index in [1.807, 2.05) is 25.3 Å². The topological polar surface area (TPSA) is 89.5 Å². The number of thiazole rings is 1. The number of aryl methyl sites for hydroxylation is 1. The molecule has 9 heteroatoms. The van der Waals surface area contributed by atoms with Gasteiger partial charge in [0.25, 0.3) is 5.91 Å². The maximum Gasteiger partial charge on any atom is 0.265 e. The first-order valence-electron chi connectivity index (χ1n) is 8.48. The smallest absolute Gasteiger partial charge is 0.265 e. The van der Waals surface area contributed by atoms with Gasteiger partial charge in [-0.25, -0.2) is 4.98 Å². The summed E-state index contributed by atoms with van der Waals surface area (Å²) in [6, 6.07) is 6.51. The number of nitrogens with zero attached hydrogens (tertiary/aromatic N) is 1. The molecule has 2 aromatic rings. The van der Waals surface area contributed by atoms with Crippen molar-refractivity contribution in [1.29, 1.82) is 0 Å². The zero-order valence-corrected chi connectivity index (χ0v) is 16.7. The molecule has 0 spiro atoms. The van der Waals surface area contributed by atoms with Crippen molar-refractivity contribution in [3.05, 3.63) is 35.3 Å². The number of para-hydroxylation sites is 2. The van der Waals surface area contributed by atoms with Crippen LogP contribution in [0.25, 0.3) is 0 Å². The predicted octanol–water partition coefficient (Wildman–Crippen LogP) is 2.47. The van der Waals surface area contributed by atoms with Crippen LogP contribution in [0.2, 0.25) is 0 Å². The Kier molecular flexibility index (Phi) is 6.57. The number of nitrogens with one attached hydrogen (secondary N) is 2. The Bertz CT molecular complexity index is 811. The van der Waals surface area contributed by atoms with Crippen molar-refractivity contribution in [3.63, 3.8) is 0 Å². The number of hydrogen-bond donors (Lipinski definition) is 2. The van der Waals surface area contributed by atoms with Crippen molar-refractivity contribution in [2.45, 2.75) is 25.5 Å². The van der Waals surface area contributed by atoms with Gasteiger partial charge >= 0.3 is 0 Å². The minimum absolute atomic E-state index is 0.103. The number of ether oxygens (including phenoxy) is 2. The number of carbonyl (C=O) groups is 2.